The van der Waals surface area contributed by atoms with Crippen molar-refractivity contribution in [3.05, 3.63) is 192 Å². The van der Waals surface area contributed by atoms with Crippen LogP contribution in [0.2, 0.25) is 0 Å². The predicted octanol–water partition coefficient (Wildman–Crippen LogP) is 14.7. The van der Waals surface area contributed by atoms with Crippen LogP contribution in [0, 0.1) is 0 Å². The molecule has 56 heavy (non-hydrogen) atoms. The number of aromatic nitrogens is 1. The van der Waals surface area contributed by atoms with Crippen LogP contribution in [0.3, 0.4) is 0 Å². The van der Waals surface area contributed by atoms with Gasteiger partial charge in [0.25, 0.3) is 0 Å². The lowest BCUT2D eigenvalue weighted by atomic mass is 9.68. The van der Waals surface area contributed by atoms with Gasteiger partial charge in [0.15, 0.2) is 0 Å². The molecule has 0 unspecified atom stereocenters. The molecule has 2 nitrogen and oxygen atoms in total. The van der Waals surface area contributed by atoms with Crippen LogP contribution in [-0.2, 0) is 10.8 Å². The van der Waals surface area contributed by atoms with Gasteiger partial charge in [-0.15, -0.1) is 0 Å². The quantitative estimate of drug-likeness (QED) is 0.176. The van der Waals surface area contributed by atoms with Crippen molar-refractivity contribution in [3.63, 3.8) is 0 Å². The highest BCUT2D eigenvalue weighted by Gasteiger charge is 2.44. The Kier molecular flexibility index (Phi) is 6.22. The van der Waals surface area contributed by atoms with E-state index in [1.54, 1.807) is 0 Å². The number of benzene rings is 9. The van der Waals surface area contributed by atoms with Gasteiger partial charge in [-0.05, 0) is 91.3 Å². The average Bonchev–Trinajstić information content (AvgIpc) is 3.56. The Morgan fingerprint density at radius 2 is 0.857 bits per heavy atom. The van der Waals surface area contributed by atoms with E-state index in [1.807, 2.05) is 0 Å². The van der Waals surface area contributed by atoms with Gasteiger partial charge in [-0.2, -0.15) is 0 Å². The summed E-state index contributed by atoms with van der Waals surface area (Å²) in [7, 11) is 0. The van der Waals surface area contributed by atoms with Crippen molar-refractivity contribution in [2.75, 3.05) is 4.90 Å². The molecular formula is C54H40N2. The normalized spacial score (nSPS) is 14.7. The van der Waals surface area contributed by atoms with Gasteiger partial charge >= 0.3 is 0 Å². The zero-order valence-corrected chi connectivity index (χ0v) is 32.1. The maximum Gasteiger partial charge on any atom is 0.0583 e. The van der Waals surface area contributed by atoms with Gasteiger partial charge in [0.2, 0.25) is 0 Å². The van der Waals surface area contributed by atoms with Crippen molar-refractivity contribution in [2.45, 2.75) is 38.5 Å². The number of hydrogen-bond acceptors (Lipinski definition) is 1. The third-order valence-corrected chi connectivity index (χ3v) is 13.3. The molecular weight excluding hydrogens is 677 g/mol. The largest absolute Gasteiger partial charge is 0.309 e. The van der Waals surface area contributed by atoms with Crippen molar-refractivity contribution >= 4 is 71.2 Å². The van der Waals surface area contributed by atoms with Crippen LogP contribution in [0.4, 0.5) is 17.1 Å². The van der Waals surface area contributed by atoms with Gasteiger partial charge in [0.05, 0.1) is 28.1 Å². The molecule has 0 bridgehead atoms. The van der Waals surface area contributed by atoms with Crippen LogP contribution in [0.1, 0.15) is 49.9 Å². The van der Waals surface area contributed by atoms with E-state index in [0.717, 1.165) is 0 Å². The predicted molar refractivity (Wildman–Crippen MR) is 238 cm³/mol. The summed E-state index contributed by atoms with van der Waals surface area (Å²) in [5.74, 6) is 0. The summed E-state index contributed by atoms with van der Waals surface area (Å²) in [6, 6.07) is 63.7. The highest BCUT2D eigenvalue weighted by atomic mass is 15.1. The first kappa shape index (κ1) is 31.7. The molecule has 0 aliphatic carbocycles. The molecule has 0 atom stereocenters. The number of fused-ring (bicyclic) bond motifs is 4. The van der Waals surface area contributed by atoms with Crippen LogP contribution in [-0.4, -0.2) is 4.57 Å². The summed E-state index contributed by atoms with van der Waals surface area (Å²) in [5.41, 5.74) is 15.2. The molecule has 0 N–H and O–H groups in total. The SMILES string of the molecule is CC1(C)c2cccc3c2-n2c4c1cc(-c1cccc5ccccc15)cc4c1cc(N(c4cccc5ccccc45)c4cccc5ccccc45)cc(c12)C3(C)C. The molecule has 2 aliphatic rings. The molecule has 9 aromatic carbocycles. The number of rotatable bonds is 4. The molecule has 2 aliphatic heterocycles. The zero-order valence-electron chi connectivity index (χ0n) is 32.1. The van der Waals surface area contributed by atoms with Gasteiger partial charge in [0.1, 0.15) is 0 Å². The van der Waals surface area contributed by atoms with Crippen LogP contribution in [0.5, 0.6) is 0 Å². The van der Waals surface area contributed by atoms with Crippen molar-refractivity contribution in [3.8, 4) is 16.8 Å². The third kappa shape index (κ3) is 4.06. The highest BCUT2D eigenvalue weighted by Crippen LogP contribution is 2.57. The highest BCUT2D eigenvalue weighted by molar-refractivity contribution is 6.17. The molecule has 0 fully saturated rings. The standard InChI is InChI=1S/C54H40N2/c1-53(2)44-25-14-26-45-52(44)56-50-42(29-36(30-46(50)53)39-24-11-18-33-15-5-8-21-38(33)39)43-31-37(32-47(51(43)56)54(45,3)4)55(48-27-12-19-34-16-6-9-22-40(34)48)49-28-13-20-35-17-7-10-23-41(35)49/h5-32H,1-4H3. The third-order valence-electron chi connectivity index (χ3n) is 13.3. The van der Waals surface area contributed by atoms with Gasteiger partial charge < -0.3 is 9.47 Å². The molecule has 0 spiro atoms. The molecule has 12 rings (SSSR count). The zero-order chi connectivity index (χ0) is 37.5. The lowest BCUT2D eigenvalue weighted by molar-refractivity contribution is 0.594. The van der Waals surface area contributed by atoms with E-state index < -0.39 is 0 Å². The lowest BCUT2D eigenvalue weighted by Gasteiger charge is -2.42. The summed E-state index contributed by atoms with van der Waals surface area (Å²) < 4.78 is 2.65. The second kappa shape index (κ2) is 11.0. The van der Waals surface area contributed by atoms with E-state index in [9.17, 15) is 0 Å². The smallest absolute Gasteiger partial charge is 0.0583 e. The van der Waals surface area contributed by atoms with Gasteiger partial charge in [0, 0.05) is 38.1 Å². The summed E-state index contributed by atoms with van der Waals surface area (Å²) in [4.78, 5) is 2.53. The second-order valence-corrected chi connectivity index (χ2v) is 17.0. The first-order valence-corrected chi connectivity index (χ1v) is 19.9. The van der Waals surface area contributed by atoms with E-state index in [4.69, 9.17) is 0 Å². The lowest BCUT2D eigenvalue weighted by Crippen LogP contribution is -2.33. The van der Waals surface area contributed by atoms with E-state index in [1.165, 1.54) is 110 Å². The molecule has 0 saturated carbocycles. The van der Waals surface area contributed by atoms with E-state index in [0.29, 0.717) is 0 Å². The second-order valence-electron chi connectivity index (χ2n) is 17.0. The van der Waals surface area contributed by atoms with Gasteiger partial charge in [-0.1, -0.05) is 161 Å². The van der Waals surface area contributed by atoms with Crippen molar-refractivity contribution in [1.82, 2.24) is 4.57 Å². The van der Waals surface area contributed by atoms with E-state index in [2.05, 4.69) is 207 Å². The molecule has 10 aromatic rings. The Morgan fingerprint density at radius 1 is 0.393 bits per heavy atom. The van der Waals surface area contributed by atoms with Crippen molar-refractivity contribution < 1.29 is 0 Å². The Hall–Kier alpha value is -6.64. The molecule has 0 radical (unpaired) electrons. The fourth-order valence-corrected chi connectivity index (χ4v) is 10.5. The van der Waals surface area contributed by atoms with Gasteiger partial charge in [-0.3, -0.25) is 0 Å². The van der Waals surface area contributed by atoms with Gasteiger partial charge in [-0.25, -0.2) is 0 Å². The van der Waals surface area contributed by atoms with Crippen molar-refractivity contribution in [1.29, 1.82) is 0 Å². The molecule has 3 heterocycles. The summed E-state index contributed by atoms with van der Waals surface area (Å²) >= 11 is 0. The Bertz CT molecular complexity index is 3230. The summed E-state index contributed by atoms with van der Waals surface area (Å²) in [6.07, 6.45) is 0. The molecule has 0 amide bonds. The van der Waals surface area contributed by atoms with Crippen LogP contribution >= 0.6 is 0 Å². The Balaban J connectivity index is 1.26. The molecule has 1 aromatic heterocycles. The molecule has 2 heteroatoms. The first-order chi connectivity index (χ1) is 27.3. The minimum Gasteiger partial charge on any atom is -0.309 e. The fourth-order valence-electron chi connectivity index (χ4n) is 10.5. The Labute approximate surface area is 326 Å². The van der Waals surface area contributed by atoms with E-state index in [-0.39, 0.29) is 10.8 Å². The maximum atomic E-state index is 2.65. The maximum absolute atomic E-state index is 2.65. The number of anilines is 3. The van der Waals surface area contributed by atoms with Crippen LogP contribution in [0.15, 0.2) is 170 Å². The summed E-state index contributed by atoms with van der Waals surface area (Å²) in [5, 5.41) is 10.1. The van der Waals surface area contributed by atoms with Crippen molar-refractivity contribution in [2.24, 2.45) is 0 Å². The number of nitrogens with zero attached hydrogens (tertiary/aromatic N) is 2. The molecule has 0 saturated heterocycles. The topological polar surface area (TPSA) is 8.17 Å². The number of para-hydroxylation sites is 1. The number of hydrogen-bond donors (Lipinski definition) is 0. The minimum absolute atomic E-state index is 0.205. The average molecular weight is 717 g/mol. The minimum atomic E-state index is -0.251. The van der Waals surface area contributed by atoms with Crippen LogP contribution < -0.4 is 4.90 Å². The first-order valence-electron chi connectivity index (χ1n) is 19.9. The monoisotopic (exact) mass is 716 g/mol. The molecule has 266 valence electrons. The van der Waals surface area contributed by atoms with Crippen LogP contribution in [0.25, 0.3) is 70.9 Å². The van der Waals surface area contributed by atoms with E-state index >= 15 is 0 Å². The fraction of sp³-hybridized carbons (Fsp3) is 0.111. The summed E-state index contributed by atoms with van der Waals surface area (Å²) in [6.45, 7) is 9.74. The Morgan fingerprint density at radius 3 is 1.46 bits per heavy atom.